The molecule has 2 atom stereocenters. The van der Waals surface area contributed by atoms with Crippen molar-refractivity contribution in [2.45, 2.75) is 25.7 Å². The number of hydrogen-bond donors (Lipinski definition) is 1. The summed E-state index contributed by atoms with van der Waals surface area (Å²) in [5.74, 6) is -0.397. The van der Waals surface area contributed by atoms with E-state index in [1.165, 1.54) is 18.2 Å². The van der Waals surface area contributed by atoms with Crippen LogP contribution in [-0.4, -0.2) is 12.3 Å². The first-order chi connectivity index (χ1) is 8.63. The van der Waals surface area contributed by atoms with Gasteiger partial charge in [-0.05, 0) is 43.5 Å². The average Bonchev–Trinajstić information content (AvgIpc) is 2.40. The molecule has 0 spiro atoms. The topological polar surface area (TPSA) is 43.1 Å². The molecule has 2 unspecified atom stereocenters. The van der Waals surface area contributed by atoms with Gasteiger partial charge in [-0.1, -0.05) is 24.4 Å². The third-order valence-corrected chi connectivity index (χ3v) is 4.07. The van der Waals surface area contributed by atoms with Crippen LogP contribution in [0.3, 0.4) is 0 Å². The van der Waals surface area contributed by atoms with Crippen LogP contribution in [-0.2, 0) is 0 Å². The van der Waals surface area contributed by atoms with Gasteiger partial charge in [-0.25, -0.2) is 4.39 Å². The molecule has 0 aromatic heterocycles. The molecular weight excluding hydrogens is 253 g/mol. The molecular formula is C14H17ClFNO. The number of Topliss-reactive ketones (excluding diaryl/α,β-unsaturated/α-hetero) is 1. The molecule has 18 heavy (non-hydrogen) atoms. The van der Waals surface area contributed by atoms with Crippen LogP contribution >= 0.6 is 11.6 Å². The van der Waals surface area contributed by atoms with E-state index in [-0.39, 0.29) is 17.6 Å². The van der Waals surface area contributed by atoms with Gasteiger partial charge in [-0.3, -0.25) is 4.79 Å². The van der Waals surface area contributed by atoms with Gasteiger partial charge in [0.05, 0.1) is 5.02 Å². The van der Waals surface area contributed by atoms with Crippen molar-refractivity contribution in [1.82, 2.24) is 0 Å². The molecule has 1 aromatic rings. The second-order valence-corrected chi connectivity index (χ2v) is 5.28. The van der Waals surface area contributed by atoms with E-state index < -0.39 is 5.82 Å². The second kappa shape index (κ2) is 5.81. The predicted molar refractivity (Wildman–Crippen MR) is 70.2 cm³/mol. The maximum atomic E-state index is 13.2. The SMILES string of the molecule is NCC1CCCCC1C(=O)c1cc(F)ccc1Cl. The van der Waals surface area contributed by atoms with Crippen LogP contribution in [0, 0.1) is 17.7 Å². The summed E-state index contributed by atoms with van der Waals surface area (Å²) in [6.45, 7) is 0.503. The molecule has 1 saturated carbocycles. The number of nitrogens with two attached hydrogens (primary N) is 1. The Labute approximate surface area is 111 Å². The largest absolute Gasteiger partial charge is 0.330 e. The summed E-state index contributed by atoms with van der Waals surface area (Å²) >= 11 is 5.98. The third-order valence-electron chi connectivity index (χ3n) is 3.74. The number of carbonyl (C=O) groups is 1. The summed E-state index contributed by atoms with van der Waals surface area (Å²) < 4.78 is 13.2. The van der Waals surface area contributed by atoms with Crippen LogP contribution in [0.5, 0.6) is 0 Å². The summed E-state index contributed by atoms with van der Waals surface area (Å²) in [6.07, 6.45) is 3.94. The predicted octanol–water partition coefficient (Wildman–Crippen LogP) is 3.43. The highest BCUT2D eigenvalue weighted by atomic mass is 35.5. The molecule has 98 valence electrons. The van der Waals surface area contributed by atoms with Crippen LogP contribution in [0.2, 0.25) is 5.02 Å². The highest BCUT2D eigenvalue weighted by Gasteiger charge is 2.31. The van der Waals surface area contributed by atoms with Gasteiger partial charge in [0.1, 0.15) is 5.82 Å². The van der Waals surface area contributed by atoms with E-state index in [1.807, 2.05) is 0 Å². The Hall–Kier alpha value is -0.930. The Morgan fingerprint density at radius 3 is 2.83 bits per heavy atom. The van der Waals surface area contributed by atoms with Crippen LogP contribution in [0.1, 0.15) is 36.0 Å². The summed E-state index contributed by atoms with van der Waals surface area (Å²) in [4.78, 5) is 12.4. The number of halogens is 2. The lowest BCUT2D eigenvalue weighted by atomic mass is 9.75. The molecule has 1 aliphatic carbocycles. The zero-order valence-electron chi connectivity index (χ0n) is 10.2. The Kier molecular flexibility index (Phi) is 4.36. The maximum Gasteiger partial charge on any atom is 0.167 e. The van der Waals surface area contributed by atoms with Crippen molar-refractivity contribution in [2.24, 2.45) is 17.6 Å². The zero-order chi connectivity index (χ0) is 13.1. The van der Waals surface area contributed by atoms with E-state index >= 15 is 0 Å². The Bertz CT molecular complexity index is 449. The molecule has 0 heterocycles. The van der Waals surface area contributed by atoms with E-state index in [4.69, 9.17) is 17.3 Å². The van der Waals surface area contributed by atoms with E-state index in [0.717, 1.165) is 25.7 Å². The molecule has 4 heteroatoms. The monoisotopic (exact) mass is 269 g/mol. The Balaban J connectivity index is 2.26. The van der Waals surface area contributed by atoms with Crippen molar-refractivity contribution in [3.05, 3.63) is 34.6 Å². The minimum atomic E-state index is -0.428. The van der Waals surface area contributed by atoms with Gasteiger partial charge in [-0.15, -0.1) is 0 Å². The first-order valence-electron chi connectivity index (χ1n) is 6.33. The smallest absolute Gasteiger partial charge is 0.167 e. The third kappa shape index (κ3) is 2.73. The van der Waals surface area contributed by atoms with Gasteiger partial charge < -0.3 is 5.73 Å². The number of rotatable bonds is 3. The minimum absolute atomic E-state index is 0.0605. The summed E-state index contributed by atoms with van der Waals surface area (Å²) in [5.41, 5.74) is 6.01. The van der Waals surface area contributed by atoms with E-state index in [1.54, 1.807) is 0 Å². The van der Waals surface area contributed by atoms with Crippen molar-refractivity contribution >= 4 is 17.4 Å². The van der Waals surface area contributed by atoms with Gasteiger partial charge in [0.25, 0.3) is 0 Å². The molecule has 2 N–H and O–H groups in total. The van der Waals surface area contributed by atoms with Gasteiger partial charge in [-0.2, -0.15) is 0 Å². The van der Waals surface area contributed by atoms with E-state index in [9.17, 15) is 9.18 Å². The zero-order valence-corrected chi connectivity index (χ0v) is 10.9. The molecule has 2 nitrogen and oxygen atoms in total. The number of ketones is 1. The summed E-state index contributed by atoms with van der Waals surface area (Å²) in [6, 6.07) is 3.93. The van der Waals surface area contributed by atoms with Gasteiger partial charge >= 0.3 is 0 Å². The number of hydrogen-bond acceptors (Lipinski definition) is 2. The molecule has 1 aliphatic rings. The molecule has 1 fully saturated rings. The Morgan fingerprint density at radius 1 is 1.39 bits per heavy atom. The second-order valence-electron chi connectivity index (χ2n) is 4.88. The fourth-order valence-electron chi connectivity index (χ4n) is 2.72. The number of carbonyl (C=O) groups excluding carboxylic acids is 1. The quantitative estimate of drug-likeness (QED) is 0.855. The highest BCUT2D eigenvalue weighted by Crippen LogP contribution is 2.33. The van der Waals surface area contributed by atoms with E-state index in [0.29, 0.717) is 17.1 Å². The molecule has 0 saturated heterocycles. The van der Waals surface area contributed by atoms with Crippen LogP contribution in [0.25, 0.3) is 0 Å². The fraction of sp³-hybridized carbons (Fsp3) is 0.500. The molecule has 0 aliphatic heterocycles. The average molecular weight is 270 g/mol. The molecule has 1 aromatic carbocycles. The normalized spacial score (nSPS) is 23.9. The van der Waals surface area contributed by atoms with E-state index in [2.05, 4.69) is 0 Å². The van der Waals surface area contributed by atoms with Crippen LogP contribution in [0.4, 0.5) is 4.39 Å². The van der Waals surface area contributed by atoms with Crippen molar-refractivity contribution in [1.29, 1.82) is 0 Å². The fourth-order valence-corrected chi connectivity index (χ4v) is 2.93. The maximum absolute atomic E-state index is 13.2. The van der Waals surface area contributed by atoms with Gasteiger partial charge in [0.2, 0.25) is 0 Å². The van der Waals surface area contributed by atoms with Crippen molar-refractivity contribution in [3.63, 3.8) is 0 Å². The summed E-state index contributed by atoms with van der Waals surface area (Å²) in [7, 11) is 0. The van der Waals surface area contributed by atoms with Gasteiger partial charge in [0, 0.05) is 11.5 Å². The lowest BCUT2D eigenvalue weighted by molar-refractivity contribution is 0.0829. The Morgan fingerprint density at radius 2 is 2.11 bits per heavy atom. The molecule has 0 bridgehead atoms. The van der Waals surface area contributed by atoms with Crippen LogP contribution in [0.15, 0.2) is 18.2 Å². The van der Waals surface area contributed by atoms with Gasteiger partial charge in [0.15, 0.2) is 5.78 Å². The first kappa shape index (κ1) is 13.5. The lowest BCUT2D eigenvalue weighted by Gasteiger charge is -2.29. The first-order valence-corrected chi connectivity index (χ1v) is 6.70. The lowest BCUT2D eigenvalue weighted by Crippen LogP contribution is -2.32. The standard InChI is InChI=1S/C14H17ClFNO/c15-13-6-5-10(16)7-12(13)14(18)11-4-2-1-3-9(11)8-17/h5-7,9,11H,1-4,8,17H2. The molecule has 2 rings (SSSR count). The van der Waals surface area contributed by atoms with Crippen molar-refractivity contribution in [3.8, 4) is 0 Å². The minimum Gasteiger partial charge on any atom is -0.330 e. The van der Waals surface area contributed by atoms with Crippen molar-refractivity contribution < 1.29 is 9.18 Å². The molecule has 0 amide bonds. The summed E-state index contributed by atoms with van der Waals surface area (Å²) in [5, 5.41) is 0.322. The van der Waals surface area contributed by atoms with Crippen LogP contribution < -0.4 is 5.73 Å². The number of benzene rings is 1. The van der Waals surface area contributed by atoms with Crippen molar-refractivity contribution in [2.75, 3.05) is 6.54 Å². The molecule has 0 radical (unpaired) electrons. The highest BCUT2D eigenvalue weighted by molar-refractivity contribution is 6.34.